The fourth-order valence-corrected chi connectivity index (χ4v) is 2.05. The first kappa shape index (κ1) is 12.7. The van der Waals surface area contributed by atoms with E-state index in [-0.39, 0.29) is 5.60 Å². The van der Waals surface area contributed by atoms with Crippen molar-refractivity contribution in [2.45, 2.75) is 51.0 Å². The Kier molecular flexibility index (Phi) is 5.96. The van der Waals surface area contributed by atoms with Crippen molar-refractivity contribution in [3.8, 4) is 0 Å². The molecule has 15 heavy (non-hydrogen) atoms. The molecule has 1 N–H and O–H groups in total. The zero-order valence-corrected chi connectivity index (χ0v) is 10.1. The minimum atomic E-state index is 0.226. The van der Waals surface area contributed by atoms with Crippen LogP contribution in [0, 0.1) is 0 Å². The van der Waals surface area contributed by atoms with Gasteiger partial charge in [0, 0.05) is 6.61 Å². The number of hydrogen-bond donors (Lipinski definition) is 1. The van der Waals surface area contributed by atoms with E-state index >= 15 is 0 Å². The van der Waals surface area contributed by atoms with Gasteiger partial charge in [-0.05, 0) is 51.6 Å². The van der Waals surface area contributed by atoms with Crippen LogP contribution < -0.4 is 5.32 Å². The van der Waals surface area contributed by atoms with Gasteiger partial charge in [0.15, 0.2) is 0 Å². The molecule has 0 aromatic carbocycles. The summed E-state index contributed by atoms with van der Waals surface area (Å²) in [6.07, 6.45) is 9.19. The molecule has 2 nitrogen and oxygen atoms in total. The number of nitrogens with one attached hydrogen (secondary N) is 1. The molecule has 2 heteroatoms. The lowest BCUT2D eigenvalue weighted by Crippen LogP contribution is -2.42. The molecule has 0 atom stereocenters. The van der Waals surface area contributed by atoms with Crippen LogP contribution in [0.4, 0.5) is 0 Å². The number of hydrogen-bond acceptors (Lipinski definition) is 2. The first-order chi connectivity index (χ1) is 7.33. The van der Waals surface area contributed by atoms with E-state index in [1.165, 1.54) is 25.7 Å². The minimum absolute atomic E-state index is 0.226. The van der Waals surface area contributed by atoms with E-state index in [0.29, 0.717) is 0 Å². The highest BCUT2D eigenvalue weighted by Crippen LogP contribution is 2.38. The molecule has 0 aromatic heterocycles. The van der Waals surface area contributed by atoms with Gasteiger partial charge in [-0.15, -0.1) is 6.58 Å². The topological polar surface area (TPSA) is 21.3 Å². The Hall–Kier alpha value is -0.340. The quantitative estimate of drug-likeness (QED) is 0.468. The SMILES string of the molecule is C=CCCCOC1(CCNCC)CCC1. The van der Waals surface area contributed by atoms with Gasteiger partial charge in [0.2, 0.25) is 0 Å². The highest BCUT2D eigenvalue weighted by Gasteiger charge is 2.36. The van der Waals surface area contributed by atoms with Crippen LogP contribution in [0.2, 0.25) is 0 Å². The molecule has 0 radical (unpaired) electrons. The molecule has 1 saturated carbocycles. The second kappa shape index (κ2) is 7.02. The Bertz CT molecular complexity index is 175. The lowest BCUT2D eigenvalue weighted by atomic mass is 9.77. The van der Waals surface area contributed by atoms with Crippen LogP contribution in [0.5, 0.6) is 0 Å². The van der Waals surface area contributed by atoms with E-state index in [9.17, 15) is 0 Å². The number of rotatable bonds is 9. The molecule has 0 aliphatic heterocycles. The van der Waals surface area contributed by atoms with Crippen LogP contribution in [0.15, 0.2) is 12.7 Å². The fourth-order valence-electron chi connectivity index (χ4n) is 2.05. The average Bonchev–Trinajstić information content (AvgIpc) is 2.19. The molecule has 1 rings (SSSR count). The Balaban J connectivity index is 2.12. The predicted molar refractivity (Wildman–Crippen MR) is 65.1 cm³/mol. The summed E-state index contributed by atoms with van der Waals surface area (Å²) in [6, 6.07) is 0. The Morgan fingerprint density at radius 3 is 2.80 bits per heavy atom. The monoisotopic (exact) mass is 211 g/mol. The average molecular weight is 211 g/mol. The maximum Gasteiger partial charge on any atom is 0.0694 e. The Morgan fingerprint density at radius 1 is 1.47 bits per heavy atom. The Morgan fingerprint density at radius 2 is 2.27 bits per heavy atom. The van der Waals surface area contributed by atoms with Crippen molar-refractivity contribution in [2.75, 3.05) is 19.7 Å². The van der Waals surface area contributed by atoms with Gasteiger partial charge in [-0.2, -0.15) is 0 Å². The van der Waals surface area contributed by atoms with Gasteiger partial charge in [-0.1, -0.05) is 13.0 Å². The molecule has 0 amide bonds. The highest BCUT2D eigenvalue weighted by molar-refractivity contribution is 4.90. The summed E-state index contributed by atoms with van der Waals surface area (Å²) in [5.74, 6) is 0. The summed E-state index contributed by atoms with van der Waals surface area (Å²) >= 11 is 0. The van der Waals surface area contributed by atoms with Gasteiger partial charge in [-0.25, -0.2) is 0 Å². The van der Waals surface area contributed by atoms with Gasteiger partial charge >= 0.3 is 0 Å². The van der Waals surface area contributed by atoms with Crippen LogP contribution in [0.3, 0.4) is 0 Å². The minimum Gasteiger partial charge on any atom is -0.375 e. The third-order valence-electron chi connectivity index (χ3n) is 3.23. The van der Waals surface area contributed by atoms with E-state index < -0.39 is 0 Å². The standard InChI is InChI=1S/C13H25NO/c1-3-5-6-12-15-13(8-7-9-13)10-11-14-4-2/h3,14H,1,4-12H2,2H3. The smallest absolute Gasteiger partial charge is 0.0694 e. The molecule has 1 aliphatic rings. The van der Waals surface area contributed by atoms with Crippen molar-refractivity contribution < 1.29 is 4.74 Å². The normalized spacial score (nSPS) is 18.5. The van der Waals surface area contributed by atoms with Gasteiger partial charge in [0.1, 0.15) is 0 Å². The van der Waals surface area contributed by atoms with Crippen LogP contribution in [-0.4, -0.2) is 25.3 Å². The molecule has 0 saturated heterocycles. The summed E-state index contributed by atoms with van der Waals surface area (Å²) in [6.45, 7) is 8.93. The largest absolute Gasteiger partial charge is 0.375 e. The van der Waals surface area contributed by atoms with Crippen molar-refractivity contribution >= 4 is 0 Å². The summed E-state index contributed by atoms with van der Waals surface area (Å²) in [5.41, 5.74) is 0.226. The van der Waals surface area contributed by atoms with Crippen molar-refractivity contribution in [1.29, 1.82) is 0 Å². The third kappa shape index (κ3) is 4.35. The molecule has 1 aliphatic carbocycles. The summed E-state index contributed by atoms with van der Waals surface area (Å²) < 4.78 is 6.03. The molecule has 88 valence electrons. The predicted octanol–water partition coefficient (Wildman–Crippen LogP) is 2.89. The summed E-state index contributed by atoms with van der Waals surface area (Å²) in [7, 11) is 0. The molecule has 1 fully saturated rings. The molecule has 0 spiro atoms. The van der Waals surface area contributed by atoms with Gasteiger partial charge in [0.25, 0.3) is 0 Å². The van der Waals surface area contributed by atoms with Gasteiger partial charge in [0.05, 0.1) is 5.60 Å². The van der Waals surface area contributed by atoms with Crippen LogP contribution >= 0.6 is 0 Å². The van der Waals surface area contributed by atoms with Crippen molar-refractivity contribution in [3.63, 3.8) is 0 Å². The van der Waals surface area contributed by atoms with Gasteiger partial charge in [-0.3, -0.25) is 0 Å². The lowest BCUT2D eigenvalue weighted by molar-refractivity contribution is -0.104. The first-order valence-electron chi connectivity index (χ1n) is 6.28. The third-order valence-corrected chi connectivity index (χ3v) is 3.23. The summed E-state index contributed by atoms with van der Waals surface area (Å²) in [5, 5.41) is 3.38. The van der Waals surface area contributed by atoms with Crippen molar-refractivity contribution in [2.24, 2.45) is 0 Å². The Labute approximate surface area is 94.1 Å². The van der Waals surface area contributed by atoms with E-state index in [1.54, 1.807) is 0 Å². The lowest BCUT2D eigenvalue weighted by Gasteiger charge is -2.42. The number of unbranched alkanes of at least 4 members (excludes halogenated alkanes) is 1. The maximum absolute atomic E-state index is 6.03. The van der Waals surface area contributed by atoms with E-state index in [2.05, 4.69) is 18.8 Å². The van der Waals surface area contributed by atoms with E-state index in [1.807, 2.05) is 6.08 Å². The van der Waals surface area contributed by atoms with E-state index in [0.717, 1.165) is 32.5 Å². The summed E-state index contributed by atoms with van der Waals surface area (Å²) in [4.78, 5) is 0. The molecule has 0 aromatic rings. The van der Waals surface area contributed by atoms with Crippen LogP contribution in [0.1, 0.15) is 45.4 Å². The number of allylic oxidation sites excluding steroid dienone is 1. The zero-order chi connectivity index (χ0) is 11.0. The van der Waals surface area contributed by atoms with E-state index in [4.69, 9.17) is 4.74 Å². The maximum atomic E-state index is 6.03. The number of ether oxygens (including phenoxy) is 1. The second-order valence-electron chi connectivity index (χ2n) is 4.42. The molecule has 0 bridgehead atoms. The molecule has 0 unspecified atom stereocenters. The highest BCUT2D eigenvalue weighted by atomic mass is 16.5. The molecular weight excluding hydrogens is 186 g/mol. The molecule has 0 heterocycles. The van der Waals surface area contributed by atoms with Gasteiger partial charge < -0.3 is 10.1 Å². The fraction of sp³-hybridized carbons (Fsp3) is 0.846. The van der Waals surface area contributed by atoms with Crippen molar-refractivity contribution in [3.05, 3.63) is 12.7 Å². The first-order valence-corrected chi connectivity index (χ1v) is 6.28. The zero-order valence-electron chi connectivity index (χ0n) is 10.1. The van der Waals surface area contributed by atoms with Crippen LogP contribution in [-0.2, 0) is 4.74 Å². The molecular formula is C13H25NO. The van der Waals surface area contributed by atoms with Crippen molar-refractivity contribution in [1.82, 2.24) is 5.32 Å². The van der Waals surface area contributed by atoms with Crippen LogP contribution in [0.25, 0.3) is 0 Å². The second-order valence-corrected chi connectivity index (χ2v) is 4.42.